The van der Waals surface area contributed by atoms with Crippen LogP contribution in [0.1, 0.15) is 56.7 Å². The lowest BCUT2D eigenvalue weighted by Gasteiger charge is -2.20. The van der Waals surface area contributed by atoms with Crippen LogP contribution in [-0.2, 0) is 12.8 Å². The van der Waals surface area contributed by atoms with Gasteiger partial charge in [0.2, 0.25) is 0 Å². The molecule has 1 atom stereocenters. The molecule has 6 nitrogen and oxygen atoms in total. The maximum Gasteiger partial charge on any atom is 0.262 e. The number of carbonyl (C=O) groups is 2. The summed E-state index contributed by atoms with van der Waals surface area (Å²) in [6.07, 6.45) is 3.89. The van der Waals surface area contributed by atoms with Crippen molar-refractivity contribution in [1.82, 2.24) is 5.16 Å². The fourth-order valence-corrected chi connectivity index (χ4v) is 5.31. The minimum atomic E-state index is -0.502. The highest BCUT2D eigenvalue weighted by Crippen LogP contribution is 2.40. The largest absolute Gasteiger partial charge is 0.365 e. The van der Waals surface area contributed by atoms with Crippen LogP contribution < -0.4 is 11.1 Å². The Balaban J connectivity index is 1.69. The van der Waals surface area contributed by atoms with Gasteiger partial charge in [0, 0.05) is 10.4 Å². The number of rotatable bonds is 5. The van der Waals surface area contributed by atoms with Gasteiger partial charge in [-0.1, -0.05) is 48.8 Å². The molecule has 0 unspecified atom stereocenters. The Kier molecular flexibility index (Phi) is 5.24. The Hall–Kier alpha value is -2.93. The molecule has 0 saturated carbocycles. The summed E-state index contributed by atoms with van der Waals surface area (Å²) in [5.74, 6) is 0.179. The summed E-state index contributed by atoms with van der Waals surface area (Å²) in [6, 6.07) is 9.40. The smallest absolute Gasteiger partial charge is 0.262 e. The zero-order chi connectivity index (χ0) is 20.5. The first-order valence-corrected chi connectivity index (χ1v) is 10.6. The molecule has 3 N–H and O–H groups in total. The second-order valence-electron chi connectivity index (χ2n) is 7.37. The maximum absolute atomic E-state index is 13.1. The van der Waals surface area contributed by atoms with Gasteiger partial charge in [-0.3, -0.25) is 9.59 Å². The van der Waals surface area contributed by atoms with Crippen LogP contribution in [0.2, 0.25) is 0 Å². The molecule has 0 fully saturated rings. The lowest BCUT2D eigenvalue weighted by Crippen LogP contribution is -2.20. The Labute approximate surface area is 173 Å². The van der Waals surface area contributed by atoms with E-state index in [4.69, 9.17) is 10.3 Å². The third kappa shape index (κ3) is 3.58. The van der Waals surface area contributed by atoms with Crippen molar-refractivity contribution in [3.8, 4) is 11.3 Å². The van der Waals surface area contributed by atoms with E-state index >= 15 is 0 Å². The number of nitrogens with one attached hydrogen (secondary N) is 1. The van der Waals surface area contributed by atoms with Gasteiger partial charge in [0.1, 0.15) is 22.0 Å². The summed E-state index contributed by atoms with van der Waals surface area (Å²) in [6.45, 7) is 3.88. The molecule has 2 amide bonds. The number of fused-ring (bicyclic) bond motifs is 1. The van der Waals surface area contributed by atoms with Crippen molar-refractivity contribution in [1.29, 1.82) is 0 Å². The van der Waals surface area contributed by atoms with Gasteiger partial charge in [-0.2, -0.15) is 0 Å². The Bertz CT molecular complexity index is 1070. The third-order valence-electron chi connectivity index (χ3n) is 5.56. The van der Waals surface area contributed by atoms with Gasteiger partial charge in [-0.15, -0.1) is 11.3 Å². The summed E-state index contributed by atoms with van der Waals surface area (Å²) in [4.78, 5) is 26.5. The van der Waals surface area contributed by atoms with Crippen molar-refractivity contribution in [2.75, 3.05) is 5.32 Å². The molecule has 2 heterocycles. The summed E-state index contributed by atoms with van der Waals surface area (Å²) in [7, 11) is 0. The topological polar surface area (TPSA) is 98.2 Å². The van der Waals surface area contributed by atoms with Crippen LogP contribution >= 0.6 is 11.3 Å². The first kappa shape index (κ1) is 19.4. The van der Waals surface area contributed by atoms with Crippen molar-refractivity contribution >= 4 is 28.2 Å². The molecule has 0 aliphatic heterocycles. The summed E-state index contributed by atoms with van der Waals surface area (Å²) >= 11 is 1.46. The number of hydrogen-bond donors (Lipinski definition) is 2. The lowest BCUT2D eigenvalue weighted by molar-refractivity contribution is 0.1000. The van der Waals surface area contributed by atoms with E-state index < -0.39 is 5.91 Å². The van der Waals surface area contributed by atoms with Crippen molar-refractivity contribution in [3.05, 3.63) is 57.7 Å². The fourth-order valence-electron chi connectivity index (χ4n) is 3.95. The minimum absolute atomic E-state index is 0.351. The first-order chi connectivity index (χ1) is 14.0. The zero-order valence-corrected chi connectivity index (χ0v) is 17.3. The van der Waals surface area contributed by atoms with Crippen molar-refractivity contribution in [2.45, 2.75) is 39.5 Å². The average Bonchev–Trinajstić information content (AvgIpc) is 3.27. The van der Waals surface area contributed by atoms with Crippen LogP contribution in [0.15, 0.2) is 34.9 Å². The number of benzene rings is 1. The first-order valence-electron chi connectivity index (χ1n) is 9.77. The molecule has 150 valence electrons. The number of hydrogen-bond acceptors (Lipinski definition) is 5. The number of thiophene rings is 1. The van der Waals surface area contributed by atoms with Gasteiger partial charge in [0.25, 0.3) is 11.8 Å². The number of nitrogens with zero attached hydrogens (tertiary/aromatic N) is 1. The molecule has 1 aromatic carbocycles. The number of anilines is 1. The third-order valence-corrected chi connectivity index (χ3v) is 6.72. The number of carbonyl (C=O) groups excluding carboxylic acids is 2. The van der Waals surface area contributed by atoms with Crippen molar-refractivity contribution in [2.24, 2.45) is 11.7 Å². The van der Waals surface area contributed by atoms with Crippen LogP contribution in [-0.4, -0.2) is 17.0 Å². The lowest BCUT2D eigenvalue weighted by atomic mass is 9.85. The summed E-state index contributed by atoms with van der Waals surface area (Å²) in [5.41, 5.74) is 8.76. The van der Waals surface area contributed by atoms with Crippen LogP contribution in [0.25, 0.3) is 11.3 Å². The van der Waals surface area contributed by atoms with Crippen molar-refractivity contribution in [3.63, 3.8) is 0 Å². The van der Waals surface area contributed by atoms with E-state index in [1.54, 1.807) is 6.92 Å². The molecule has 1 aliphatic rings. The van der Waals surface area contributed by atoms with E-state index in [1.807, 2.05) is 30.3 Å². The number of aryl methyl sites for hydroxylation is 1. The molecule has 7 heteroatoms. The average molecular weight is 410 g/mol. The van der Waals surface area contributed by atoms with E-state index in [9.17, 15) is 9.59 Å². The highest BCUT2D eigenvalue weighted by Gasteiger charge is 2.29. The van der Waals surface area contributed by atoms with E-state index in [1.165, 1.54) is 11.3 Å². The minimum Gasteiger partial charge on any atom is -0.365 e. The SMILES string of the molecule is CC[C@H]1CCc2c(sc(NC(=O)c3c(-c4ccccc4)noc3C)c2C(N)=O)C1. The van der Waals surface area contributed by atoms with Crippen LogP contribution in [0.4, 0.5) is 5.00 Å². The van der Waals surface area contributed by atoms with Gasteiger partial charge >= 0.3 is 0 Å². The molecule has 0 spiro atoms. The molecular formula is C22H23N3O3S. The quantitative estimate of drug-likeness (QED) is 0.644. The van der Waals surface area contributed by atoms with E-state index in [2.05, 4.69) is 17.4 Å². The maximum atomic E-state index is 13.1. The van der Waals surface area contributed by atoms with Crippen LogP contribution in [0.5, 0.6) is 0 Å². The standard InChI is InChI=1S/C22H23N3O3S/c1-3-13-9-10-15-16(11-13)29-22(18(15)20(23)26)24-21(27)17-12(2)28-25-19(17)14-7-5-4-6-8-14/h4-8,13H,3,9-11H2,1-2H3,(H2,23,26)(H,24,27)/t13-/m0/s1. The second kappa shape index (κ2) is 7.83. The van der Waals surface area contributed by atoms with E-state index in [0.717, 1.165) is 41.7 Å². The molecule has 4 rings (SSSR count). The van der Waals surface area contributed by atoms with Gasteiger partial charge in [-0.05, 0) is 37.7 Å². The van der Waals surface area contributed by atoms with E-state index in [0.29, 0.717) is 33.5 Å². The normalized spacial score (nSPS) is 15.7. The van der Waals surface area contributed by atoms with Gasteiger partial charge in [0.05, 0.1) is 5.56 Å². The highest BCUT2D eigenvalue weighted by atomic mass is 32.1. The monoisotopic (exact) mass is 409 g/mol. The molecule has 1 aliphatic carbocycles. The molecule has 0 saturated heterocycles. The number of primary amides is 1. The molecule has 0 radical (unpaired) electrons. The Morgan fingerprint density at radius 3 is 2.72 bits per heavy atom. The predicted molar refractivity (Wildman–Crippen MR) is 113 cm³/mol. The van der Waals surface area contributed by atoms with E-state index in [-0.39, 0.29) is 5.91 Å². The highest BCUT2D eigenvalue weighted by molar-refractivity contribution is 7.17. The number of amides is 2. The molecule has 0 bridgehead atoms. The number of nitrogens with two attached hydrogens (primary N) is 1. The zero-order valence-electron chi connectivity index (χ0n) is 16.5. The van der Waals surface area contributed by atoms with Crippen LogP contribution in [0, 0.1) is 12.8 Å². The summed E-state index contributed by atoms with van der Waals surface area (Å²) < 4.78 is 5.30. The van der Waals surface area contributed by atoms with Gasteiger partial charge in [-0.25, -0.2) is 0 Å². The predicted octanol–water partition coefficient (Wildman–Crippen LogP) is 4.58. The fraction of sp³-hybridized carbons (Fsp3) is 0.318. The molecule has 3 aromatic rings. The Morgan fingerprint density at radius 1 is 1.28 bits per heavy atom. The van der Waals surface area contributed by atoms with Gasteiger partial charge < -0.3 is 15.6 Å². The molecule has 29 heavy (non-hydrogen) atoms. The number of aromatic nitrogens is 1. The molecular weight excluding hydrogens is 386 g/mol. The Morgan fingerprint density at radius 2 is 2.03 bits per heavy atom. The second-order valence-corrected chi connectivity index (χ2v) is 8.48. The molecule has 2 aromatic heterocycles. The summed E-state index contributed by atoms with van der Waals surface area (Å²) in [5, 5.41) is 7.50. The van der Waals surface area contributed by atoms with Crippen molar-refractivity contribution < 1.29 is 14.1 Å². The van der Waals surface area contributed by atoms with Gasteiger partial charge in [0.15, 0.2) is 0 Å². The van der Waals surface area contributed by atoms with Crippen LogP contribution in [0.3, 0.4) is 0 Å².